The van der Waals surface area contributed by atoms with Gasteiger partial charge in [0.15, 0.2) is 0 Å². The lowest BCUT2D eigenvalue weighted by Crippen LogP contribution is -2.55. The molecule has 4 bridgehead atoms. The lowest BCUT2D eigenvalue weighted by atomic mass is 9.54. The zero-order chi connectivity index (χ0) is 18.4. The Morgan fingerprint density at radius 1 is 1.19 bits per heavy atom. The molecule has 27 heavy (non-hydrogen) atoms. The molecule has 1 amide bonds. The van der Waals surface area contributed by atoms with E-state index in [0.29, 0.717) is 35.9 Å². The molecule has 0 atom stereocenters. The van der Waals surface area contributed by atoms with Gasteiger partial charge in [-0.3, -0.25) is 9.78 Å². The molecular weight excluding hydrogens is 340 g/mol. The average Bonchev–Trinajstić information content (AvgIpc) is 3.04. The normalized spacial score (nSPS) is 31.1. The molecule has 0 saturated heterocycles. The van der Waals surface area contributed by atoms with Crippen LogP contribution in [-0.2, 0) is 13.7 Å². The Morgan fingerprint density at radius 2 is 1.93 bits per heavy atom. The van der Waals surface area contributed by atoms with Crippen LogP contribution in [0.2, 0.25) is 0 Å². The quantitative estimate of drug-likeness (QED) is 0.883. The van der Waals surface area contributed by atoms with Crippen molar-refractivity contribution in [2.75, 3.05) is 0 Å². The van der Waals surface area contributed by atoms with Gasteiger partial charge in [0.1, 0.15) is 12.2 Å². The Bertz CT molecular complexity index is 804. The zero-order valence-electron chi connectivity index (χ0n) is 15.7. The maximum absolute atomic E-state index is 13.0. The largest absolute Gasteiger partial charge is 0.471 e. The highest BCUT2D eigenvalue weighted by Gasteiger charge is 2.48. The molecule has 0 aromatic carbocycles. The zero-order valence-corrected chi connectivity index (χ0v) is 15.7. The van der Waals surface area contributed by atoms with Crippen molar-refractivity contribution >= 4 is 5.91 Å². The number of aryl methyl sites for hydroxylation is 1. The van der Waals surface area contributed by atoms with Gasteiger partial charge >= 0.3 is 0 Å². The van der Waals surface area contributed by atoms with Crippen molar-refractivity contribution in [3.05, 3.63) is 41.9 Å². The van der Waals surface area contributed by atoms with Crippen LogP contribution in [-0.4, -0.2) is 26.7 Å². The van der Waals surface area contributed by atoms with Gasteiger partial charge in [0.2, 0.25) is 5.88 Å². The molecule has 4 saturated carbocycles. The first kappa shape index (κ1) is 16.8. The first-order valence-corrected chi connectivity index (χ1v) is 10.0. The van der Waals surface area contributed by atoms with Crippen molar-refractivity contribution in [2.24, 2.45) is 30.7 Å². The van der Waals surface area contributed by atoms with E-state index in [4.69, 9.17) is 4.74 Å². The minimum absolute atomic E-state index is 0.0587. The molecule has 4 aliphatic rings. The predicted molar refractivity (Wildman–Crippen MR) is 100 cm³/mol. The molecule has 142 valence electrons. The third-order valence-corrected chi connectivity index (χ3v) is 6.74. The molecule has 6 nitrogen and oxygen atoms in total. The van der Waals surface area contributed by atoms with Crippen LogP contribution in [0.25, 0.3) is 0 Å². The number of hydrogen-bond acceptors (Lipinski definition) is 4. The summed E-state index contributed by atoms with van der Waals surface area (Å²) in [5.74, 6) is 3.55. The van der Waals surface area contributed by atoms with E-state index in [-0.39, 0.29) is 5.91 Å². The molecule has 2 aromatic heterocycles. The second-order valence-electron chi connectivity index (χ2n) is 8.53. The maximum Gasteiger partial charge on any atom is 0.258 e. The van der Waals surface area contributed by atoms with Crippen LogP contribution >= 0.6 is 0 Å². The number of hydrogen-bond donors (Lipinski definition) is 1. The first-order valence-electron chi connectivity index (χ1n) is 10.0. The van der Waals surface area contributed by atoms with E-state index in [2.05, 4.69) is 15.4 Å². The number of rotatable bonds is 5. The summed E-state index contributed by atoms with van der Waals surface area (Å²) < 4.78 is 7.52. The lowest BCUT2D eigenvalue weighted by molar-refractivity contribution is -0.0120. The maximum atomic E-state index is 13.0. The minimum Gasteiger partial charge on any atom is -0.471 e. The number of aromatic nitrogens is 3. The molecule has 6 rings (SSSR count). The number of nitrogens with one attached hydrogen (secondary N) is 1. The Morgan fingerprint density at radius 3 is 2.59 bits per heavy atom. The van der Waals surface area contributed by atoms with Crippen LogP contribution in [0.3, 0.4) is 0 Å². The number of carbonyl (C=O) groups is 1. The molecule has 0 unspecified atom stereocenters. The van der Waals surface area contributed by atoms with Gasteiger partial charge in [-0.05, 0) is 67.9 Å². The third-order valence-electron chi connectivity index (χ3n) is 6.74. The second-order valence-corrected chi connectivity index (χ2v) is 8.53. The standard InChI is InChI=1S/C21H26N4O2/c1-25-21(27-12-17-4-2-3-5-22-17)18(11-23-25)20(26)24-19-15-7-13-6-14(9-15)10-16(19)8-13/h2-5,11,13-16,19H,6-10,12H2,1H3,(H,24,26). The summed E-state index contributed by atoms with van der Waals surface area (Å²) in [5.41, 5.74) is 1.34. The highest BCUT2D eigenvalue weighted by atomic mass is 16.5. The van der Waals surface area contributed by atoms with E-state index in [0.717, 1.165) is 17.5 Å². The average molecular weight is 366 g/mol. The van der Waals surface area contributed by atoms with E-state index in [1.165, 1.54) is 32.1 Å². The van der Waals surface area contributed by atoms with Crippen LogP contribution in [0.4, 0.5) is 0 Å². The number of carbonyl (C=O) groups excluding carboxylic acids is 1. The van der Waals surface area contributed by atoms with Gasteiger partial charge in [0.05, 0.1) is 11.9 Å². The van der Waals surface area contributed by atoms with Crippen LogP contribution in [0.5, 0.6) is 5.88 Å². The molecule has 0 spiro atoms. The Labute approximate surface area is 159 Å². The van der Waals surface area contributed by atoms with Crippen molar-refractivity contribution in [1.82, 2.24) is 20.1 Å². The van der Waals surface area contributed by atoms with Crippen LogP contribution < -0.4 is 10.1 Å². The van der Waals surface area contributed by atoms with Gasteiger partial charge in [-0.1, -0.05) is 6.07 Å². The summed E-state index contributed by atoms with van der Waals surface area (Å²) in [6.07, 6.45) is 9.91. The summed E-state index contributed by atoms with van der Waals surface area (Å²) in [4.78, 5) is 17.3. The van der Waals surface area contributed by atoms with Crippen LogP contribution in [0.1, 0.15) is 48.2 Å². The molecule has 6 heteroatoms. The minimum atomic E-state index is -0.0587. The fourth-order valence-electron chi connectivity index (χ4n) is 5.77. The van der Waals surface area contributed by atoms with Crippen molar-refractivity contribution in [3.8, 4) is 5.88 Å². The molecule has 4 aliphatic carbocycles. The fourth-order valence-corrected chi connectivity index (χ4v) is 5.77. The molecule has 1 N–H and O–H groups in total. The summed E-state index contributed by atoms with van der Waals surface area (Å²) in [6.45, 7) is 0.318. The molecular formula is C21H26N4O2. The Kier molecular flexibility index (Phi) is 4.14. The predicted octanol–water partition coefficient (Wildman–Crippen LogP) is 2.95. The van der Waals surface area contributed by atoms with Crippen LogP contribution in [0.15, 0.2) is 30.6 Å². The Hall–Kier alpha value is -2.37. The van der Waals surface area contributed by atoms with Crippen molar-refractivity contribution in [1.29, 1.82) is 0 Å². The summed E-state index contributed by atoms with van der Waals surface area (Å²) in [6, 6.07) is 6.02. The van der Waals surface area contributed by atoms with Gasteiger partial charge in [-0.15, -0.1) is 0 Å². The van der Waals surface area contributed by atoms with Crippen molar-refractivity contribution in [2.45, 2.75) is 44.8 Å². The molecule has 0 radical (unpaired) electrons. The van der Waals surface area contributed by atoms with E-state index >= 15 is 0 Å². The monoisotopic (exact) mass is 366 g/mol. The number of ether oxygens (including phenoxy) is 1. The third kappa shape index (κ3) is 3.11. The first-order chi connectivity index (χ1) is 13.2. The van der Waals surface area contributed by atoms with Gasteiger partial charge in [0, 0.05) is 19.3 Å². The smallest absolute Gasteiger partial charge is 0.258 e. The van der Waals surface area contributed by atoms with Gasteiger partial charge in [-0.2, -0.15) is 5.10 Å². The highest BCUT2D eigenvalue weighted by Crippen LogP contribution is 2.53. The molecule has 2 heterocycles. The van der Waals surface area contributed by atoms with E-state index in [1.54, 1.807) is 24.1 Å². The van der Waals surface area contributed by atoms with Crippen LogP contribution in [0, 0.1) is 23.7 Å². The SMILES string of the molecule is Cn1ncc(C(=O)NC2C3CC4CC(C3)CC2C4)c1OCc1ccccn1. The fraction of sp³-hybridized carbons (Fsp3) is 0.571. The van der Waals surface area contributed by atoms with Gasteiger partial charge < -0.3 is 10.1 Å². The second kappa shape index (κ2) is 6.66. The van der Waals surface area contributed by atoms with Gasteiger partial charge in [-0.25, -0.2) is 4.68 Å². The molecule has 0 aliphatic heterocycles. The summed E-state index contributed by atoms with van der Waals surface area (Å²) in [7, 11) is 1.80. The number of nitrogens with zero attached hydrogens (tertiary/aromatic N) is 3. The van der Waals surface area contributed by atoms with Crippen molar-refractivity contribution < 1.29 is 9.53 Å². The summed E-state index contributed by atoms with van der Waals surface area (Å²) >= 11 is 0. The lowest BCUT2D eigenvalue weighted by Gasteiger charge is -2.54. The number of pyridine rings is 1. The van der Waals surface area contributed by atoms with E-state index in [1.807, 2.05) is 18.2 Å². The van der Waals surface area contributed by atoms with Crippen molar-refractivity contribution in [3.63, 3.8) is 0 Å². The molecule has 2 aromatic rings. The number of amides is 1. The van der Waals surface area contributed by atoms with E-state index in [9.17, 15) is 4.79 Å². The topological polar surface area (TPSA) is 69.0 Å². The Balaban J connectivity index is 1.29. The van der Waals surface area contributed by atoms with E-state index < -0.39 is 0 Å². The highest BCUT2D eigenvalue weighted by molar-refractivity contribution is 5.96. The van der Waals surface area contributed by atoms with Gasteiger partial charge in [0.25, 0.3) is 5.91 Å². The molecule has 4 fully saturated rings. The summed E-state index contributed by atoms with van der Waals surface area (Å²) in [5, 5.41) is 7.59.